The molecule has 2 aromatic rings. The maximum atomic E-state index is 13.2. The number of carbonyl (C=O) groups excluding carboxylic acids is 1. The Hall–Kier alpha value is -2.06. The Morgan fingerprint density at radius 1 is 1.39 bits per heavy atom. The predicted molar refractivity (Wildman–Crippen MR) is 74.2 cm³/mol. The second-order valence-corrected chi connectivity index (χ2v) is 5.14. The van der Waals surface area contributed by atoms with E-state index in [4.69, 9.17) is 16.1 Å². The summed E-state index contributed by atoms with van der Waals surface area (Å²) in [5.74, 6) is -5.03. The van der Waals surface area contributed by atoms with Crippen molar-refractivity contribution in [2.45, 2.75) is 19.4 Å². The van der Waals surface area contributed by atoms with Crippen molar-refractivity contribution in [3.63, 3.8) is 0 Å². The minimum atomic E-state index is -1.62. The maximum Gasteiger partial charge on any atom is 0.229 e. The minimum absolute atomic E-state index is 0.0444. The van der Waals surface area contributed by atoms with Gasteiger partial charge >= 0.3 is 0 Å². The highest BCUT2D eigenvalue weighted by molar-refractivity contribution is 6.29. The Balaban J connectivity index is 2.15. The fourth-order valence-electron chi connectivity index (χ4n) is 1.97. The summed E-state index contributed by atoms with van der Waals surface area (Å²) in [5.41, 5.74) is 0.673. The normalized spacial score (nSPS) is 12.3. The minimum Gasteiger partial charge on any atom is -0.394 e. The van der Waals surface area contributed by atoms with Gasteiger partial charge in [-0.2, -0.15) is 0 Å². The molecule has 2 N–H and O–H groups in total. The van der Waals surface area contributed by atoms with Gasteiger partial charge in [0.05, 0.1) is 24.8 Å². The van der Waals surface area contributed by atoms with Crippen molar-refractivity contribution in [1.29, 1.82) is 0 Å². The number of aromatic nitrogens is 1. The molecule has 0 bridgehead atoms. The molecule has 0 saturated carbocycles. The van der Waals surface area contributed by atoms with Crippen molar-refractivity contribution in [3.8, 4) is 0 Å². The number of halogens is 4. The molecule has 23 heavy (non-hydrogen) atoms. The van der Waals surface area contributed by atoms with E-state index in [9.17, 15) is 23.1 Å². The Morgan fingerprint density at radius 2 is 2.00 bits per heavy atom. The highest BCUT2D eigenvalue weighted by Gasteiger charge is 2.21. The van der Waals surface area contributed by atoms with Gasteiger partial charge in [-0.1, -0.05) is 5.16 Å². The summed E-state index contributed by atoms with van der Waals surface area (Å²) >= 11 is 5.74. The molecule has 0 aliphatic carbocycles. The van der Waals surface area contributed by atoms with Crippen LogP contribution in [0.3, 0.4) is 0 Å². The molecule has 1 unspecified atom stereocenters. The van der Waals surface area contributed by atoms with Crippen LogP contribution < -0.4 is 5.32 Å². The van der Waals surface area contributed by atoms with Gasteiger partial charge in [0.15, 0.2) is 17.5 Å². The number of aliphatic hydroxyl groups excluding tert-OH is 1. The molecule has 9 heteroatoms. The summed E-state index contributed by atoms with van der Waals surface area (Å²) in [4.78, 5) is 12.0. The summed E-state index contributed by atoms with van der Waals surface area (Å²) in [5, 5.41) is 15.2. The quantitative estimate of drug-likeness (QED) is 0.814. The second-order valence-electron chi connectivity index (χ2n) is 4.80. The fraction of sp³-hybridized carbons (Fsp3) is 0.286. The topological polar surface area (TPSA) is 75.4 Å². The van der Waals surface area contributed by atoms with Crippen LogP contribution in [0.15, 0.2) is 16.7 Å². The molecule has 0 aliphatic heterocycles. The smallest absolute Gasteiger partial charge is 0.229 e. The van der Waals surface area contributed by atoms with Gasteiger partial charge < -0.3 is 14.9 Å². The van der Waals surface area contributed by atoms with E-state index in [0.29, 0.717) is 23.4 Å². The average Bonchev–Trinajstić information content (AvgIpc) is 2.81. The summed E-state index contributed by atoms with van der Waals surface area (Å²) in [6.07, 6.45) is -0.198. The van der Waals surface area contributed by atoms with Crippen molar-refractivity contribution in [2.24, 2.45) is 0 Å². The summed E-state index contributed by atoms with van der Waals surface area (Å²) in [6.45, 7) is 0.957. The monoisotopic (exact) mass is 348 g/mol. The van der Waals surface area contributed by atoms with Crippen LogP contribution in [0.2, 0.25) is 5.22 Å². The van der Waals surface area contributed by atoms with E-state index in [1.807, 2.05) is 0 Å². The molecule has 1 aromatic heterocycles. The van der Waals surface area contributed by atoms with Crippen LogP contribution >= 0.6 is 11.6 Å². The van der Waals surface area contributed by atoms with Crippen molar-refractivity contribution in [3.05, 3.63) is 51.6 Å². The van der Waals surface area contributed by atoms with Gasteiger partial charge in [-0.3, -0.25) is 4.79 Å². The number of hydrogen-bond acceptors (Lipinski definition) is 4. The fourth-order valence-corrected chi connectivity index (χ4v) is 2.21. The van der Waals surface area contributed by atoms with Gasteiger partial charge in [0, 0.05) is 5.56 Å². The van der Waals surface area contributed by atoms with Gasteiger partial charge in [0.25, 0.3) is 0 Å². The molecule has 124 valence electrons. The van der Waals surface area contributed by atoms with E-state index in [1.165, 1.54) is 0 Å². The molecule has 5 nitrogen and oxygen atoms in total. The van der Waals surface area contributed by atoms with Crippen molar-refractivity contribution in [2.75, 3.05) is 6.61 Å². The van der Waals surface area contributed by atoms with Crippen LogP contribution in [0.4, 0.5) is 13.2 Å². The van der Waals surface area contributed by atoms with Crippen molar-refractivity contribution in [1.82, 2.24) is 10.5 Å². The zero-order valence-corrected chi connectivity index (χ0v) is 12.6. The number of aliphatic hydroxyl groups is 1. The molecule has 1 atom stereocenters. The van der Waals surface area contributed by atoms with E-state index in [0.717, 1.165) is 0 Å². The lowest BCUT2D eigenvalue weighted by Crippen LogP contribution is -2.32. The number of hydrogen-bond donors (Lipinski definition) is 2. The molecule has 1 amide bonds. The Bertz CT molecular complexity index is 694. The third kappa shape index (κ3) is 3.83. The number of carbonyl (C=O) groups is 1. The molecule has 0 fully saturated rings. The molecule has 2 rings (SSSR count). The lowest BCUT2D eigenvalue weighted by atomic mass is 10.1. The largest absolute Gasteiger partial charge is 0.394 e. The number of amides is 1. The molecule has 0 spiro atoms. The third-order valence-electron chi connectivity index (χ3n) is 3.20. The number of benzene rings is 1. The van der Waals surface area contributed by atoms with E-state index < -0.39 is 36.0 Å². The van der Waals surface area contributed by atoms with Crippen LogP contribution in [-0.2, 0) is 11.2 Å². The number of nitrogens with one attached hydrogen (secondary N) is 1. The Kier molecular flexibility index (Phi) is 5.27. The van der Waals surface area contributed by atoms with Gasteiger partial charge in [0.2, 0.25) is 11.1 Å². The second kappa shape index (κ2) is 7.01. The number of aryl methyl sites for hydroxylation is 1. The molecule has 1 aromatic carbocycles. The Labute approximate surface area is 134 Å². The zero-order valence-electron chi connectivity index (χ0n) is 11.9. The van der Waals surface area contributed by atoms with E-state index in [2.05, 4.69) is 10.5 Å². The van der Waals surface area contributed by atoms with Crippen LogP contribution in [0, 0.1) is 24.4 Å². The van der Waals surface area contributed by atoms with E-state index in [-0.39, 0.29) is 17.2 Å². The first-order valence-corrected chi connectivity index (χ1v) is 6.86. The standard InChI is InChI=1S/C14H12ClF3N2O3/c1-6-8(14(15)23-20-6)4-12(22)19-11(5-21)7-2-9(16)13(18)10(17)3-7/h2-3,11,21H,4-5H2,1H3,(H,19,22). The van der Waals surface area contributed by atoms with Gasteiger partial charge in [-0.15, -0.1) is 0 Å². The van der Waals surface area contributed by atoms with Gasteiger partial charge in [0.1, 0.15) is 0 Å². The molecule has 0 radical (unpaired) electrons. The van der Waals surface area contributed by atoms with Gasteiger partial charge in [-0.25, -0.2) is 13.2 Å². The predicted octanol–water partition coefficient (Wildman–Crippen LogP) is 2.45. The number of rotatable bonds is 5. The first-order chi connectivity index (χ1) is 10.8. The highest BCUT2D eigenvalue weighted by Crippen LogP contribution is 2.21. The van der Waals surface area contributed by atoms with Crippen LogP contribution in [-0.4, -0.2) is 22.8 Å². The molecular formula is C14H12ClF3N2O3. The lowest BCUT2D eigenvalue weighted by molar-refractivity contribution is -0.121. The van der Waals surface area contributed by atoms with Crippen LogP contribution in [0.1, 0.15) is 22.9 Å². The zero-order chi connectivity index (χ0) is 17.1. The molecule has 0 saturated heterocycles. The molecular weight excluding hydrogens is 337 g/mol. The van der Waals surface area contributed by atoms with Crippen LogP contribution in [0.25, 0.3) is 0 Å². The molecule has 0 aliphatic rings. The van der Waals surface area contributed by atoms with E-state index >= 15 is 0 Å². The van der Waals surface area contributed by atoms with Crippen LogP contribution in [0.5, 0.6) is 0 Å². The summed E-state index contributed by atoms with van der Waals surface area (Å²) in [6, 6.07) is 0.306. The Morgan fingerprint density at radius 3 is 2.48 bits per heavy atom. The van der Waals surface area contributed by atoms with E-state index in [1.54, 1.807) is 6.92 Å². The summed E-state index contributed by atoms with van der Waals surface area (Å²) < 4.78 is 44.1. The third-order valence-corrected chi connectivity index (χ3v) is 3.50. The first kappa shape index (κ1) is 17.3. The van der Waals surface area contributed by atoms with Gasteiger partial charge in [-0.05, 0) is 36.2 Å². The average molecular weight is 349 g/mol. The lowest BCUT2D eigenvalue weighted by Gasteiger charge is -2.17. The summed E-state index contributed by atoms with van der Waals surface area (Å²) in [7, 11) is 0. The highest BCUT2D eigenvalue weighted by atomic mass is 35.5. The van der Waals surface area contributed by atoms with Crippen molar-refractivity contribution >= 4 is 17.5 Å². The van der Waals surface area contributed by atoms with Crippen molar-refractivity contribution < 1.29 is 27.6 Å². The number of nitrogens with zero attached hydrogens (tertiary/aromatic N) is 1. The first-order valence-electron chi connectivity index (χ1n) is 6.48. The molecule has 1 heterocycles. The SMILES string of the molecule is Cc1noc(Cl)c1CC(=O)NC(CO)c1cc(F)c(F)c(F)c1. The maximum absolute atomic E-state index is 13.2.